The maximum absolute atomic E-state index is 11.6. The van der Waals surface area contributed by atoms with Crippen LogP contribution in [-0.4, -0.2) is 40.3 Å². The molecule has 22 heavy (non-hydrogen) atoms. The number of aliphatic hydroxyl groups excluding tert-OH is 1. The summed E-state index contributed by atoms with van der Waals surface area (Å²) < 4.78 is 0. The normalized spacial score (nSPS) is 26.1. The van der Waals surface area contributed by atoms with Gasteiger partial charge in [-0.05, 0) is 37.1 Å². The van der Waals surface area contributed by atoms with Crippen LogP contribution in [0.15, 0.2) is 18.2 Å². The summed E-state index contributed by atoms with van der Waals surface area (Å²) in [6.07, 6.45) is 0.848. The molecule has 1 fully saturated rings. The maximum Gasteiger partial charge on any atom is 0.312 e. The van der Waals surface area contributed by atoms with Crippen molar-refractivity contribution in [3.8, 4) is 0 Å². The van der Waals surface area contributed by atoms with Gasteiger partial charge in [-0.15, -0.1) is 0 Å². The number of rotatable bonds is 5. The maximum atomic E-state index is 11.6. The summed E-state index contributed by atoms with van der Waals surface area (Å²) in [4.78, 5) is 13.7. The fraction of sp³-hybridized carbons (Fsp3) is 0.562. The molecule has 1 aromatic rings. The van der Waals surface area contributed by atoms with Crippen molar-refractivity contribution >= 4 is 29.2 Å². The molecule has 2 atom stereocenters. The molecule has 0 unspecified atom stereocenters. The van der Waals surface area contributed by atoms with Crippen molar-refractivity contribution in [2.75, 3.05) is 13.1 Å². The fourth-order valence-corrected chi connectivity index (χ4v) is 3.49. The Morgan fingerprint density at radius 2 is 2.14 bits per heavy atom. The van der Waals surface area contributed by atoms with E-state index in [0.29, 0.717) is 42.5 Å². The lowest BCUT2D eigenvalue weighted by molar-refractivity contribution is -0.164. The van der Waals surface area contributed by atoms with Gasteiger partial charge >= 0.3 is 5.97 Å². The number of nitrogens with zero attached hydrogens (tertiary/aromatic N) is 1. The molecule has 0 spiro atoms. The zero-order chi connectivity index (χ0) is 16.3. The van der Waals surface area contributed by atoms with E-state index in [4.69, 9.17) is 23.2 Å². The van der Waals surface area contributed by atoms with Crippen molar-refractivity contribution in [3.05, 3.63) is 33.8 Å². The van der Waals surface area contributed by atoms with Gasteiger partial charge in [0.1, 0.15) is 0 Å². The largest absolute Gasteiger partial charge is 0.481 e. The van der Waals surface area contributed by atoms with E-state index in [-0.39, 0.29) is 0 Å². The molecule has 0 bridgehead atoms. The number of hydrogen-bond donors (Lipinski definition) is 2. The number of β-amino-alcohol motifs (C(OH)–C–C–N with tert-alkyl or cyclic N) is 1. The highest BCUT2D eigenvalue weighted by molar-refractivity contribution is 6.42. The second-order valence-electron chi connectivity index (χ2n) is 5.96. The molecule has 1 aromatic carbocycles. The lowest BCUT2D eigenvalue weighted by Crippen LogP contribution is -2.54. The van der Waals surface area contributed by atoms with Crippen molar-refractivity contribution < 1.29 is 15.0 Å². The van der Waals surface area contributed by atoms with Gasteiger partial charge < -0.3 is 10.2 Å². The molecule has 0 saturated carbocycles. The highest BCUT2D eigenvalue weighted by atomic mass is 35.5. The summed E-state index contributed by atoms with van der Waals surface area (Å²) in [6.45, 7) is 3.56. The molecule has 4 nitrogen and oxygen atoms in total. The number of benzene rings is 1. The van der Waals surface area contributed by atoms with Crippen LogP contribution in [0.2, 0.25) is 10.0 Å². The number of piperidine rings is 1. The minimum Gasteiger partial charge on any atom is -0.481 e. The van der Waals surface area contributed by atoms with Crippen molar-refractivity contribution in [1.82, 2.24) is 4.90 Å². The third-order valence-corrected chi connectivity index (χ3v) is 5.19. The van der Waals surface area contributed by atoms with E-state index in [0.717, 1.165) is 12.0 Å². The summed E-state index contributed by atoms with van der Waals surface area (Å²) in [7, 11) is 0. The van der Waals surface area contributed by atoms with Crippen LogP contribution in [0.5, 0.6) is 0 Å². The first kappa shape index (κ1) is 17.5. The van der Waals surface area contributed by atoms with Gasteiger partial charge in [0.25, 0.3) is 0 Å². The summed E-state index contributed by atoms with van der Waals surface area (Å²) >= 11 is 11.9. The van der Waals surface area contributed by atoms with Gasteiger partial charge in [-0.2, -0.15) is 0 Å². The number of hydrogen-bond acceptors (Lipinski definition) is 3. The lowest BCUT2D eigenvalue weighted by Gasteiger charge is -2.42. The van der Waals surface area contributed by atoms with Gasteiger partial charge in [0.15, 0.2) is 0 Å². The third kappa shape index (κ3) is 3.57. The average molecular weight is 346 g/mol. The fourth-order valence-electron chi connectivity index (χ4n) is 3.17. The molecule has 122 valence electrons. The molecule has 2 N–H and O–H groups in total. The van der Waals surface area contributed by atoms with E-state index in [1.54, 1.807) is 12.1 Å². The van der Waals surface area contributed by atoms with Crippen LogP contribution in [-0.2, 0) is 11.3 Å². The van der Waals surface area contributed by atoms with Gasteiger partial charge in [0, 0.05) is 13.1 Å². The van der Waals surface area contributed by atoms with Crippen LogP contribution in [0, 0.1) is 5.41 Å². The van der Waals surface area contributed by atoms with Crippen LogP contribution >= 0.6 is 23.2 Å². The summed E-state index contributed by atoms with van der Waals surface area (Å²) in [6, 6.07) is 5.45. The molecule has 6 heteroatoms. The zero-order valence-corrected chi connectivity index (χ0v) is 14.1. The lowest BCUT2D eigenvalue weighted by atomic mass is 9.73. The van der Waals surface area contributed by atoms with Gasteiger partial charge in [-0.3, -0.25) is 9.69 Å². The molecule has 0 radical (unpaired) electrons. The van der Waals surface area contributed by atoms with Crippen molar-refractivity contribution in [1.29, 1.82) is 0 Å². The monoisotopic (exact) mass is 345 g/mol. The quantitative estimate of drug-likeness (QED) is 0.858. The first-order chi connectivity index (χ1) is 10.4. The van der Waals surface area contributed by atoms with E-state index in [2.05, 4.69) is 4.90 Å². The number of carboxylic acid groups (broad SMARTS) is 1. The van der Waals surface area contributed by atoms with Gasteiger partial charge in [-0.25, -0.2) is 0 Å². The molecule has 1 aliphatic rings. The van der Waals surface area contributed by atoms with Crippen molar-refractivity contribution in [3.63, 3.8) is 0 Å². The van der Waals surface area contributed by atoms with E-state index in [1.807, 2.05) is 13.0 Å². The topological polar surface area (TPSA) is 60.8 Å². The Morgan fingerprint density at radius 1 is 1.41 bits per heavy atom. The van der Waals surface area contributed by atoms with E-state index >= 15 is 0 Å². The number of carboxylic acids is 1. The smallest absolute Gasteiger partial charge is 0.312 e. The highest BCUT2D eigenvalue weighted by Crippen LogP contribution is 2.37. The van der Waals surface area contributed by atoms with Gasteiger partial charge in [0.05, 0.1) is 21.6 Å². The molecular formula is C16H21Cl2NO3. The minimum absolute atomic E-state index is 0.354. The number of aliphatic hydroxyl groups is 1. The molecule has 1 saturated heterocycles. The van der Waals surface area contributed by atoms with Crippen LogP contribution in [0.1, 0.15) is 31.7 Å². The molecule has 1 heterocycles. The zero-order valence-electron chi connectivity index (χ0n) is 12.6. The summed E-state index contributed by atoms with van der Waals surface area (Å²) in [5, 5.41) is 20.9. The number of halogens is 2. The van der Waals surface area contributed by atoms with Crippen molar-refractivity contribution in [2.24, 2.45) is 5.41 Å². The van der Waals surface area contributed by atoms with Crippen molar-refractivity contribution in [2.45, 2.75) is 38.8 Å². The Morgan fingerprint density at radius 3 is 2.68 bits per heavy atom. The van der Waals surface area contributed by atoms with Crippen LogP contribution in [0.4, 0.5) is 0 Å². The predicted molar refractivity (Wildman–Crippen MR) is 87.3 cm³/mol. The first-order valence-corrected chi connectivity index (χ1v) is 8.22. The van der Waals surface area contributed by atoms with E-state index < -0.39 is 17.5 Å². The highest BCUT2D eigenvalue weighted by Gasteiger charge is 2.47. The SMILES string of the molecule is CCC[C@]1(C(=O)O)CCN(Cc2ccc(Cl)c(Cl)c2)C[C@@H]1O. The van der Waals surface area contributed by atoms with E-state index in [9.17, 15) is 15.0 Å². The minimum atomic E-state index is -1.01. The summed E-state index contributed by atoms with van der Waals surface area (Å²) in [5.41, 5.74) is -0.0111. The Balaban J connectivity index is 2.06. The van der Waals surface area contributed by atoms with Gasteiger partial charge in [-0.1, -0.05) is 42.6 Å². The Labute approximate surface area is 140 Å². The second kappa shape index (κ2) is 7.18. The molecule has 0 aliphatic carbocycles. The Hall–Kier alpha value is -0.810. The molecular weight excluding hydrogens is 325 g/mol. The molecule has 2 rings (SSSR count). The standard InChI is InChI=1S/C16H21Cl2NO3/c1-2-5-16(15(21)22)6-7-19(10-14(16)20)9-11-3-4-12(17)13(18)8-11/h3-4,8,14,20H,2,5-7,9-10H2,1H3,(H,21,22)/t14-,16-/m0/s1. The second-order valence-corrected chi connectivity index (χ2v) is 6.78. The molecule has 0 aromatic heterocycles. The number of aliphatic carboxylic acids is 1. The van der Waals surface area contributed by atoms with Gasteiger partial charge in [0.2, 0.25) is 0 Å². The molecule has 1 aliphatic heterocycles. The van der Waals surface area contributed by atoms with E-state index in [1.165, 1.54) is 0 Å². The van der Waals surface area contributed by atoms with Crippen LogP contribution in [0.25, 0.3) is 0 Å². The summed E-state index contributed by atoms with van der Waals surface area (Å²) in [5.74, 6) is -0.893. The first-order valence-electron chi connectivity index (χ1n) is 7.47. The predicted octanol–water partition coefficient (Wildman–Crippen LogP) is 3.43. The van der Waals surface area contributed by atoms with Crippen LogP contribution < -0.4 is 0 Å². The number of carbonyl (C=O) groups is 1. The molecule has 0 amide bonds. The third-order valence-electron chi connectivity index (χ3n) is 4.46. The average Bonchev–Trinajstić information content (AvgIpc) is 2.46. The Bertz CT molecular complexity index is 552. The Kier molecular flexibility index (Phi) is 5.72. The van der Waals surface area contributed by atoms with Crippen LogP contribution in [0.3, 0.4) is 0 Å². The number of likely N-dealkylation sites (tertiary alicyclic amines) is 1.